The molecule has 1 aliphatic carbocycles. The molecule has 1 radical (unpaired) electrons. The van der Waals surface area contributed by atoms with Gasteiger partial charge in [0.25, 0.3) is 0 Å². The molecule has 8 rings (SSSR count). The quantitative estimate of drug-likeness (QED) is 0.166. The summed E-state index contributed by atoms with van der Waals surface area (Å²) in [5.41, 5.74) is 5.17. The number of nitrogens with zero attached hydrogens (tertiary/aromatic N) is 2. The Morgan fingerprint density at radius 1 is 0.760 bits per heavy atom. The number of fused-ring (bicyclic) bond motifs is 3. The third-order valence-corrected chi connectivity index (χ3v) is 9.28. The normalized spacial score (nSPS) is 19.7. The van der Waals surface area contributed by atoms with Crippen LogP contribution in [0.1, 0.15) is 91.1 Å². The SMILES string of the molecule is [2H]C([2H])([2H])c1c[c-]c(-c2ccc(C([2H])([2H])[2H])cn2)cc1.[2H]C([2H])([2H])c1cnc(-c2[c-]ccc3c2oc2ccccc23)cc1-c1ccc(C2([2H])CCC(C)(C)CC2)cc1C([2H])([2H])[2H].[Ir]. The van der Waals surface area contributed by atoms with Crippen molar-refractivity contribution in [1.82, 2.24) is 9.97 Å². The maximum absolute atomic E-state index is 9.23. The molecule has 0 unspecified atom stereocenters. The van der Waals surface area contributed by atoms with Gasteiger partial charge in [-0.3, -0.25) is 0 Å². The molecular formula is C46H44IrN2O-2. The van der Waals surface area contributed by atoms with Crippen LogP contribution in [0.5, 0.6) is 0 Å². The van der Waals surface area contributed by atoms with E-state index in [-0.39, 0.29) is 53.3 Å². The number of hydrogen-bond acceptors (Lipinski definition) is 3. The van der Waals surface area contributed by atoms with Crippen LogP contribution in [0.4, 0.5) is 0 Å². The fraction of sp³-hybridized carbons (Fsp3) is 0.261. The van der Waals surface area contributed by atoms with Crippen molar-refractivity contribution in [3.05, 3.63) is 143 Å². The van der Waals surface area contributed by atoms with E-state index in [1.54, 1.807) is 42.5 Å². The molecule has 0 atom stereocenters. The minimum absolute atomic E-state index is 0. The average molecular weight is 846 g/mol. The Bertz CT molecular complexity index is 2670. The molecular weight excluding hydrogens is 789 g/mol. The van der Waals surface area contributed by atoms with E-state index in [1.165, 1.54) is 30.6 Å². The molecule has 50 heavy (non-hydrogen) atoms. The standard InChI is InChI=1S/C33H32NO.C13H12N.Ir/c1-21-18-24(23-14-16-33(3,4)17-15-23)12-13-25(21)29-19-30(34-20-22(29)2)28-10-7-9-27-26-8-5-6-11-31(26)35-32(27)28;1-10-3-6-12(7-4-10)13-8-5-11(2)9-14-13;/h5-9,11-13,18-20,23H,14-17H2,1-4H3;3-6,8-9H,1-2H3;/q2*-1;/i1D3,2D3,23D;1D3,2D3;. The number of rotatable bonds is 4. The van der Waals surface area contributed by atoms with E-state index < -0.39 is 33.3 Å². The first-order chi connectivity index (χ1) is 28.8. The molecule has 0 aliphatic heterocycles. The summed E-state index contributed by atoms with van der Waals surface area (Å²) in [6, 6.07) is 31.7. The van der Waals surface area contributed by atoms with E-state index in [1.807, 2.05) is 30.3 Å². The predicted molar refractivity (Wildman–Crippen MR) is 204 cm³/mol. The largest absolute Gasteiger partial charge is 0.501 e. The summed E-state index contributed by atoms with van der Waals surface area (Å²) >= 11 is 0. The van der Waals surface area contributed by atoms with Gasteiger partial charge in [0.05, 0.1) is 5.58 Å². The first-order valence-corrected chi connectivity index (χ1v) is 16.3. The Morgan fingerprint density at radius 3 is 2.30 bits per heavy atom. The molecule has 0 amide bonds. The number of furan rings is 1. The minimum Gasteiger partial charge on any atom is -0.501 e. The second-order valence-electron chi connectivity index (χ2n) is 13.3. The van der Waals surface area contributed by atoms with Crippen LogP contribution < -0.4 is 0 Å². The number of aryl methyl sites for hydroxylation is 4. The van der Waals surface area contributed by atoms with Gasteiger partial charge >= 0.3 is 0 Å². The average Bonchev–Trinajstić information content (AvgIpc) is 3.60. The summed E-state index contributed by atoms with van der Waals surface area (Å²) < 4.78 is 109. The Kier molecular flexibility index (Phi) is 6.67. The molecule has 0 bridgehead atoms. The molecule has 4 heteroatoms. The second kappa shape index (κ2) is 14.9. The van der Waals surface area contributed by atoms with Gasteiger partial charge < -0.3 is 14.4 Å². The summed E-state index contributed by atoms with van der Waals surface area (Å²) in [5.74, 6) is -0.893. The molecule has 1 aliphatic rings. The zero-order chi connectivity index (χ0) is 45.0. The zero-order valence-electron chi connectivity index (χ0n) is 40.8. The summed E-state index contributed by atoms with van der Waals surface area (Å²) in [6.07, 6.45) is 5.63. The first kappa shape index (κ1) is 22.4. The van der Waals surface area contributed by atoms with Gasteiger partial charge in [0.2, 0.25) is 0 Å². The molecule has 4 aromatic carbocycles. The van der Waals surface area contributed by atoms with Crippen molar-refractivity contribution in [2.24, 2.45) is 5.41 Å². The summed E-state index contributed by atoms with van der Waals surface area (Å²) in [5, 5.41) is 1.82. The van der Waals surface area contributed by atoms with Crippen LogP contribution in [0.25, 0.3) is 55.6 Å². The van der Waals surface area contributed by atoms with Gasteiger partial charge in [0.1, 0.15) is 5.58 Å². The van der Waals surface area contributed by atoms with E-state index in [0.717, 1.165) is 23.6 Å². The zero-order valence-corrected chi connectivity index (χ0v) is 30.2. The summed E-state index contributed by atoms with van der Waals surface area (Å²) in [6.45, 7) is -5.01. The van der Waals surface area contributed by atoms with E-state index in [0.29, 0.717) is 57.6 Å². The monoisotopic (exact) mass is 846 g/mol. The minimum atomic E-state index is -2.54. The first-order valence-electron chi connectivity index (χ1n) is 22.8. The number of benzene rings is 4. The molecule has 1 fully saturated rings. The number of hydrogen-bond donors (Lipinski definition) is 0. The van der Waals surface area contributed by atoms with Crippen molar-refractivity contribution in [2.45, 2.75) is 72.8 Å². The van der Waals surface area contributed by atoms with Crippen molar-refractivity contribution in [2.75, 3.05) is 0 Å². The number of para-hydroxylation sites is 1. The van der Waals surface area contributed by atoms with Crippen LogP contribution in [0.3, 0.4) is 0 Å². The molecule has 7 aromatic rings. The molecule has 0 saturated heterocycles. The van der Waals surface area contributed by atoms with Crippen molar-refractivity contribution < 1.29 is 42.3 Å². The third kappa shape index (κ3) is 7.53. The Labute approximate surface area is 328 Å². The van der Waals surface area contributed by atoms with Gasteiger partial charge in [-0.2, -0.15) is 0 Å². The maximum atomic E-state index is 9.23. The Hall–Kier alpha value is -4.37. The van der Waals surface area contributed by atoms with Crippen LogP contribution >= 0.6 is 0 Å². The van der Waals surface area contributed by atoms with Crippen LogP contribution in [-0.4, -0.2) is 9.97 Å². The molecule has 3 nitrogen and oxygen atoms in total. The molecule has 1 saturated carbocycles. The van der Waals surface area contributed by atoms with E-state index in [2.05, 4.69) is 35.9 Å². The smallest absolute Gasteiger partial charge is 0.120 e. The van der Waals surface area contributed by atoms with Crippen molar-refractivity contribution in [3.8, 4) is 33.6 Å². The third-order valence-electron chi connectivity index (χ3n) is 9.28. The second-order valence-corrected chi connectivity index (χ2v) is 13.3. The number of pyridine rings is 2. The van der Waals surface area contributed by atoms with Crippen molar-refractivity contribution in [1.29, 1.82) is 0 Å². The van der Waals surface area contributed by atoms with E-state index in [4.69, 9.17) is 20.9 Å². The summed E-state index contributed by atoms with van der Waals surface area (Å²) in [4.78, 5) is 8.58. The molecule has 0 N–H and O–H groups in total. The van der Waals surface area contributed by atoms with Gasteiger partial charge in [-0.05, 0) is 108 Å². The Balaban J connectivity index is 0.000000265. The van der Waals surface area contributed by atoms with E-state index in [9.17, 15) is 1.37 Å². The topological polar surface area (TPSA) is 38.9 Å². The van der Waals surface area contributed by atoms with E-state index >= 15 is 0 Å². The fourth-order valence-electron chi connectivity index (χ4n) is 6.35. The van der Waals surface area contributed by atoms with Gasteiger partial charge in [-0.15, -0.1) is 53.6 Å². The predicted octanol–water partition coefficient (Wildman–Crippen LogP) is 12.6. The maximum Gasteiger partial charge on any atom is 0.120 e. The Morgan fingerprint density at radius 2 is 1.56 bits per heavy atom. The van der Waals surface area contributed by atoms with Crippen molar-refractivity contribution in [3.63, 3.8) is 0 Å². The summed E-state index contributed by atoms with van der Waals surface area (Å²) in [7, 11) is 0. The van der Waals surface area contributed by atoms with Crippen LogP contribution in [0, 0.1) is 45.0 Å². The molecule has 3 aromatic heterocycles. The van der Waals surface area contributed by atoms with Gasteiger partial charge in [0, 0.05) is 55.7 Å². The van der Waals surface area contributed by atoms with Gasteiger partial charge in [0.15, 0.2) is 0 Å². The van der Waals surface area contributed by atoms with Crippen LogP contribution in [-0.2, 0) is 20.1 Å². The number of aromatic nitrogens is 2. The molecule has 0 spiro atoms. The van der Waals surface area contributed by atoms with Crippen molar-refractivity contribution >= 4 is 21.9 Å². The molecule has 255 valence electrons. The van der Waals surface area contributed by atoms with Crippen LogP contribution in [0.2, 0.25) is 0 Å². The molecule has 3 heterocycles. The van der Waals surface area contributed by atoms with Gasteiger partial charge in [-0.25, -0.2) is 0 Å². The van der Waals surface area contributed by atoms with Gasteiger partial charge in [-0.1, -0.05) is 86.2 Å². The fourth-order valence-corrected chi connectivity index (χ4v) is 6.35. The van der Waals surface area contributed by atoms with Crippen LogP contribution in [0.15, 0.2) is 108 Å².